The summed E-state index contributed by atoms with van der Waals surface area (Å²) >= 11 is 1.29. The van der Waals surface area contributed by atoms with Crippen LogP contribution in [0.3, 0.4) is 0 Å². The molecule has 9 rings (SSSR count). The van der Waals surface area contributed by atoms with Crippen LogP contribution in [0.15, 0.2) is 90.6 Å². The van der Waals surface area contributed by atoms with Crippen LogP contribution in [-0.4, -0.2) is 133 Å². The van der Waals surface area contributed by atoms with E-state index in [0.717, 1.165) is 60.1 Å². The first-order valence-corrected chi connectivity index (χ1v) is 22.5. The van der Waals surface area contributed by atoms with Gasteiger partial charge in [0.05, 0.1) is 24.3 Å². The van der Waals surface area contributed by atoms with E-state index in [2.05, 4.69) is 30.7 Å². The maximum atomic E-state index is 14.2. The number of carbonyl (C=O) groups is 6. The molecule has 18 nitrogen and oxygen atoms in total. The summed E-state index contributed by atoms with van der Waals surface area (Å²) < 4.78 is 16.9. The number of nitrogens with one attached hydrogen (secondary N) is 3. The van der Waals surface area contributed by atoms with Crippen LogP contribution in [0.1, 0.15) is 61.1 Å². The highest BCUT2D eigenvalue weighted by atomic mass is 32.1. The summed E-state index contributed by atoms with van der Waals surface area (Å²) in [5, 5.41) is 10.5. The van der Waals surface area contributed by atoms with E-state index in [4.69, 9.17) is 19.2 Å². The zero-order valence-corrected chi connectivity index (χ0v) is 36.9. The van der Waals surface area contributed by atoms with Crippen molar-refractivity contribution in [2.45, 2.75) is 31.5 Å². The molecule has 3 N–H and O–H groups in total. The normalized spacial score (nSPS) is 17.7. The van der Waals surface area contributed by atoms with E-state index >= 15 is 0 Å². The van der Waals surface area contributed by atoms with Crippen LogP contribution in [0.2, 0.25) is 0 Å². The SMILES string of the molecule is COCOc1ccccc1C(C(=O)Nc1nccs1)N1Cc2ccc(-c3ccc(N4CCN(CCOCCNc5cccc6c5C(=O)N(C5CCC(=O)NC5=O)C6=O)CC4)nc3)cc2C1=O. The fourth-order valence-electron chi connectivity index (χ4n) is 8.74. The number of rotatable bonds is 17. The molecule has 4 aliphatic rings. The van der Waals surface area contributed by atoms with Gasteiger partial charge >= 0.3 is 0 Å². The minimum Gasteiger partial charge on any atom is -0.467 e. The molecule has 2 fully saturated rings. The monoisotopic (exact) mass is 913 g/mol. The molecule has 5 aromatic rings. The van der Waals surface area contributed by atoms with E-state index in [0.29, 0.717) is 47.5 Å². The average Bonchev–Trinajstić information content (AvgIpc) is 4.03. The predicted octanol–water partition coefficient (Wildman–Crippen LogP) is 4.18. The number of piperazine rings is 1. The Labute approximate surface area is 383 Å². The van der Waals surface area contributed by atoms with Gasteiger partial charge in [0.1, 0.15) is 23.7 Å². The number of carbonyl (C=O) groups excluding carboxylic acids is 6. The third-order valence-electron chi connectivity index (χ3n) is 12.1. The fourth-order valence-corrected chi connectivity index (χ4v) is 9.27. The van der Waals surface area contributed by atoms with Crippen LogP contribution < -0.4 is 25.6 Å². The van der Waals surface area contributed by atoms with Gasteiger partial charge in [-0.3, -0.25) is 49.2 Å². The second kappa shape index (κ2) is 19.6. The second-order valence-corrected chi connectivity index (χ2v) is 17.0. The highest BCUT2D eigenvalue weighted by molar-refractivity contribution is 7.13. The number of ether oxygens (including phenoxy) is 3. The van der Waals surface area contributed by atoms with Crippen molar-refractivity contribution < 1.29 is 43.0 Å². The molecule has 340 valence electrons. The summed E-state index contributed by atoms with van der Waals surface area (Å²) in [6.45, 7) is 5.48. The topological polar surface area (TPSA) is 205 Å². The number of hydrogen-bond donors (Lipinski definition) is 3. The number of amides is 6. The number of methoxy groups -OCH3 is 1. The maximum absolute atomic E-state index is 14.2. The summed E-state index contributed by atoms with van der Waals surface area (Å²) in [7, 11) is 1.52. The van der Waals surface area contributed by atoms with Gasteiger partial charge in [-0.2, -0.15) is 0 Å². The Balaban J connectivity index is 0.753. The van der Waals surface area contributed by atoms with Crippen LogP contribution >= 0.6 is 11.3 Å². The van der Waals surface area contributed by atoms with Gasteiger partial charge in [0.25, 0.3) is 23.6 Å². The molecule has 6 amide bonds. The Morgan fingerprint density at radius 3 is 2.50 bits per heavy atom. The number of fused-ring (bicyclic) bond motifs is 2. The summed E-state index contributed by atoms with van der Waals surface area (Å²) in [6.07, 6.45) is 3.58. The maximum Gasteiger partial charge on any atom is 0.264 e. The van der Waals surface area contributed by atoms with E-state index in [-0.39, 0.29) is 43.2 Å². The predicted molar refractivity (Wildman–Crippen MR) is 243 cm³/mol. The third kappa shape index (κ3) is 9.10. The lowest BCUT2D eigenvalue weighted by Gasteiger charge is -2.35. The number of hydrogen-bond acceptors (Lipinski definition) is 15. The van der Waals surface area contributed by atoms with E-state index in [1.807, 2.05) is 36.5 Å². The smallest absolute Gasteiger partial charge is 0.264 e. The number of pyridine rings is 1. The molecule has 0 aliphatic carbocycles. The highest BCUT2D eigenvalue weighted by Gasteiger charge is 2.46. The van der Waals surface area contributed by atoms with Gasteiger partial charge in [-0.1, -0.05) is 36.4 Å². The molecule has 3 aromatic carbocycles. The number of nitrogens with zero attached hydrogens (tertiary/aromatic N) is 6. The Hall–Kier alpha value is -7.06. The molecule has 0 spiro atoms. The lowest BCUT2D eigenvalue weighted by molar-refractivity contribution is -0.136. The van der Waals surface area contributed by atoms with Crippen LogP contribution in [0.4, 0.5) is 16.6 Å². The molecule has 2 unspecified atom stereocenters. The molecule has 2 saturated heterocycles. The van der Waals surface area contributed by atoms with Gasteiger partial charge in [0.2, 0.25) is 11.8 Å². The van der Waals surface area contributed by atoms with Crippen molar-refractivity contribution in [2.24, 2.45) is 0 Å². The first-order chi connectivity index (χ1) is 32.2. The van der Waals surface area contributed by atoms with Gasteiger partial charge in [0.15, 0.2) is 11.9 Å². The Morgan fingerprint density at radius 1 is 0.894 bits per heavy atom. The van der Waals surface area contributed by atoms with Crippen molar-refractivity contribution >= 4 is 63.4 Å². The van der Waals surface area contributed by atoms with Gasteiger partial charge in [-0.15, -0.1) is 11.3 Å². The number of benzene rings is 3. The minimum atomic E-state index is -1.02. The first kappa shape index (κ1) is 44.2. The van der Waals surface area contributed by atoms with Crippen LogP contribution in [-0.2, 0) is 30.4 Å². The van der Waals surface area contributed by atoms with Crippen molar-refractivity contribution in [3.8, 4) is 16.9 Å². The van der Waals surface area contributed by atoms with Gasteiger partial charge < -0.3 is 29.3 Å². The van der Waals surface area contributed by atoms with Crippen molar-refractivity contribution in [1.29, 1.82) is 0 Å². The highest BCUT2D eigenvalue weighted by Crippen LogP contribution is 2.38. The van der Waals surface area contributed by atoms with Crippen molar-refractivity contribution in [1.82, 2.24) is 30.0 Å². The molecular formula is C47H47N9O9S. The molecule has 0 bridgehead atoms. The fraction of sp³-hybridized carbons (Fsp3) is 0.319. The summed E-state index contributed by atoms with van der Waals surface area (Å²) in [6, 6.07) is 19.8. The largest absolute Gasteiger partial charge is 0.467 e. The molecule has 19 heteroatoms. The molecule has 6 heterocycles. The lowest BCUT2D eigenvalue weighted by atomic mass is 10.0. The standard InChI is InChI=1S/C47H47N9O9S/c1-63-28-65-37-8-3-2-5-32(37)41(43(59)52-47-49-16-24-66-47)55-27-31-10-9-29(25-34(31)44(55)60)30-11-13-38(50-26-30)54-19-17-53(18-20-54)21-23-64-22-15-48-35-7-4-6-33-40(35)46(62)56(45(33)61)36-12-14-39(57)51-42(36)58/h2-11,13,16,24-26,36,41,48H,12,14-15,17-23,27-28H2,1H3,(H,49,52,59)(H,51,57,58). The zero-order chi connectivity index (χ0) is 45.7. The molecular weight excluding hydrogens is 867 g/mol. The van der Waals surface area contributed by atoms with E-state index in [1.54, 1.807) is 58.9 Å². The lowest BCUT2D eigenvalue weighted by Crippen LogP contribution is -2.54. The third-order valence-corrected chi connectivity index (χ3v) is 12.8. The Bertz CT molecular complexity index is 2650. The van der Waals surface area contributed by atoms with Crippen LogP contribution in [0.5, 0.6) is 5.75 Å². The molecule has 66 heavy (non-hydrogen) atoms. The Kier molecular flexibility index (Phi) is 13.1. The Morgan fingerprint density at radius 2 is 1.73 bits per heavy atom. The second-order valence-electron chi connectivity index (χ2n) is 16.1. The van der Waals surface area contributed by atoms with Crippen molar-refractivity contribution in [3.05, 3.63) is 118 Å². The molecule has 4 aliphatic heterocycles. The van der Waals surface area contributed by atoms with Gasteiger partial charge in [0, 0.05) is 99.5 Å². The van der Waals surface area contributed by atoms with E-state index in [1.165, 1.54) is 18.4 Å². The van der Waals surface area contributed by atoms with E-state index < -0.39 is 41.6 Å². The molecule has 2 aromatic heterocycles. The number of imide groups is 2. The molecule has 2 atom stereocenters. The van der Waals surface area contributed by atoms with Gasteiger partial charge in [-0.05, 0) is 53.9 Å². The summed E-state index contributed by atoms with van der Waals surface area (Å²) in [5.74, 6) is -1.55. The number of thiazole rings is 1. The summed E-state index contributed by atoms with van der Waals surface area (Å²) in [4.78, 5) is 94.8. The average molecular weight is 914 g/mol. The molecule has 0 radical (unpaired) electrons. The number of piperidine rings is 1. The number of para-hydroxylation sites is 1. The van der Waals surface area contributed by atoms with Crippen LogP contribution in [0, 0.1) is 0 Å². The van der Waals surface area contributed by atoms with Crippen molar-refractivity contribution in [3.63, 3.8) is 0 Å². The molecule has 0 saturated carbocycles. The van der Waals surface area contributed by atoms with E-state index in [9.17, 15) is 28.8 Å². The van der Waals surface area contributed by atoms with Gasteiger partial charge in [-0.25, -0.2) is 9.97 Å². The number of aromatic nitrogens is 2. The quantitative estimate of drug-likeness (QED) is 0.0681. The van der Waals surface area contributed by atoms with Crippen LogP contribution in [0.25, 0.3) is 11.1 Å². The summed E-state index contributed by atoms with van der Waals surface area (Å²) in [5.41, 5.74) is 4.48. The van der Waals surface area contributed by atoms with Crippen molar-refractivity contribution in [2.75, 3.05) is 81.9 Å². The number of anilines is 3. The first-order valence-electron chi connectivity index (χ1n) is 21.6. The minimum absolute atomic E-state index is 0.0234. The zero-order valence-electron chi connectivity index (χ0n) is 36.1.